The van der Waals surface area contributed by atoms with Crippen LogP contribution >= 0.6 is 0 Å². The molecule has 4 aromatic heterocycles. The van der Waals surface area contributed by atoms with Gasteiger partial charge in [-0.05, 0) is 177 Å². The number of anilines is 2. The second-order valence-corrected chi connectivity index (χ2v) is 38.0. The van der Waals surface area contributed by atoms with Gasteiger partial charge in [-0.1, -0.05) is 198 Å². The topological polar surface area (TPSA) is 499 Å². The van der Waals surface area contributed by atoms with Crippen molar-refractivity contribution >= 4 is 82.0 Å². The summed E-state index contributed by atoms with van der Waals surface area (Å²) in [5, 5.41) is 22.9. The number of benzene rings is 8. The van der Waals surface area contributed by atoms with Crippen LogP contribution in [0.3, 0.4) is 0 Å². The fourth-order valence-electron chi connectivity index (χ4n) is 16.5. The molecule has 16 rings (SSSR count). The number of amides is 8. The molecule has 4 heterocycles. The number of Topliss-reactive ketones (excluding diaryl/α,β-unsaturated/α-hetero) is 4. The average Bonchev–Trinajstić information content (AvgIpc) is 1.65. The van der Waals surface area contributed by atoms with Gasteiger partial charge in [0.05, 0.1) is 76.3 Å². The maximum absolute atomic E-state index is 13.7. The van der Waals surface area contributed by atoms with Crippen LogP contribution in [0.25, 0.3) is 0 Å². The summed E-state index contributed by atoms with van der Waals surface area (Å²) >= 11 is 0. The molecule has 145 heavy (non-hydrogen) atoms. The van der Waals surface area contributed by atoms with Gasteiger partial charge in [0.1, 0.15) is 76.6 Å². The van der Waals surface area contributed by atoms with Crippen molar-refractivity contribution in [3.63, 3.8) is 0 Å². The molecule has 4 aliphatic rings. The van der Waals surface area contributed by atoms with Crippen LogP contribution in [0.2, 0.25) is 0 Å². The fourth-order valence-corrected chi connectivity index (χ4v) is 16.5. The molecule has 8 aromatic carbocycles. The molecule has 4 aliphatic carbocycles. The number of carbonyl (C=O) groups excluding carboxylic acids is 12. The molecule has 0 radical (unpaired) electrons. The smallest absolute Gasteiger partial charge is 0.287 e. The van der Waals surface area contributed by atoms with Crippen LogP contribution in [0.4, 0.5) is 11.6 Å². The molecule has 12 aromatic rings. The molecule has 34 heteroatoms. The highest BCUT2D eigenvalue weighted by atomic mass is 16.5. The molecule has 0 spiro atoms. The van der Waals surface area contributed by atoms with Crippen LogP contribution in [0.5, 0.6) is 23.0 Å². The molecule has 0 bridgehead atoms. The summed E-state index contributed by atoms with van der Waals surface area (Å²) in [6.07, 6.45) is 18.5. The lowest BCUT2D eigenvalue weighted by atomic mass is 9.92. The first-order chi connectivity index (χ1) is 69.7. The van der Waals surface area contributed by atoms with Gasteiger partial charge in [-0.2, -0.15) is 0 Å². The summed E-state index contributed by atoms with van der Waals surface area (Å²) in [6.45, 7) is 9.40. The third kappa shape index (κ3) is 30.3. The number of imidazole rings is 2. The van der Waals surface area contributed by atoms with Crippen molar-refractivity contribution in [1.29, 1.82) is 0 Å². The number of hydrogen-bond donors (Lipinski definition) is 12. The Balaban J connectivity index is 0.000000162. The minimum atomic E-state index is -0.977. The molecule has 8 unspecified atom stereocenters. The summed E-state index contributed by atoms with van der Waals surface area (Å²) < 4.78 is 20.9. The number of aryl methyl sites for hydroxylation is 1. The van der Waals surface area contributed by atoms with Gasteiger partial charge in [0.2, 0.25) is 23.6 Å². The number of H-pyrrole nitrogens is 2. The zero-order valence-corrected chi connectivity index (χ0v) is 82.6. The van der Waals surface area contributed by atoms with E-state index in [-0.39, 0.29) is 83.1 Å². The second kappa shape index (κ2) is 49.3. The molecular weight excluding hydrogens is 1840 g/mol. The third-order valence-electron chi connectivity index (χ3n) is 26.6. The lowest BCUT2D eigenvalue weighted by molar-refractivity contribution is -0.131. The van der Waals surface area contributed by atoms with Gasteiger partial charge < -0.3 is 82.9 Å². The molecule has 4 fully saturated rings. The number of methoxy groups -OCH3 is 4. The summed E-state index contributed by atoms with van der Waals surface area (Å²) in [7, 11) is 6.31. The summed E-state index contributed by atoms with van der Waals surface area (Å²) in [5.41, 5.74) is 17.6. The number of rotatable bonds is 44. The number of aromatic nitrogens is 8. The van der Waals surface area contributed by atoms with E-state index >= 15 is 0 Å². The Labute approximate surface area is 841 Å². The molecule has 0 saturated heterocycles. The lowest BCUT2D eigenvalue weighted by Crippen LogP contribution is -2.54. The van der Waals surface area contributed by atoms with Gasteiger partial charge in [-0.15, -0.1) is 0 Å². The highest BCUT2D eigenvalue weighted by Crippen LogP contribution is 2.49. The summed E-state index contributed by atoms with van der Waals surface area (Å²) in [4.78, 5) is 188. The van der Waals surface area contributed by atoms with Crippen molar-refractivity contribution in [2.24, 2.45) is 21.7 Å². The molecule has 8 amide bonds. The average molecular weight is 1970 g/mol. The number of aromatic amines is 2. The van der Waals surface area contributed by atoms with Gasteiger partial charge >= 0.3 is 0 Å². The second-order valence-electron chi connectivity index (χ2n) is 38.0. The summed E-state index contributed by atoms with van der Waals surface area (Å²) in [5.74, 6) is -0.471. The van der Waals surface area contributed by atoms with Crippen LogP contribution < -0.4 is 72.9 Å². The first-order valence-corrected chi connectivity index (χ1v) is 48.1. The molecule has 14 N–H and O–H groups in total. The van der Waals surface area contributed by atoms with Crippen molar-refractivity contribution in [3.8, 4) is 23.0 Å². The Morgan fingerprint density at radius 1 is 0.317 bits per heavy atom. The van der Waals surface area contributed by atoms with E-state index in [1.165, 1.54) is 37.4 Å². The first-order valence-electron chi connectivity index (χ1n) is 48.1. The Morgan fingerprint density at radius 2 is 0.600 bits per heavy atom. The number of hydrogen-bond acceptors (Lipinski definition) is 24. The first kappa shape index (κ1) is 106. The van der Waals surface area contributed by atoms with E-state index < -0.39 is 117 Å². The van der Waals surface area contributed by atoms with Crippen LogP contribution in [0.15, 0.2) is 262 Å². The third-order valence-corrected chi connectivity index (χ3v) is 26.6. The van der Waals surface area contributed by atoms with Gasteiger partial charge in [-0.25, -0.2) is 29.9 Å². The van der Waals surface area contributed by atoms with E-state index in [9.17, 15) is 57.5 Å². The molecule has 754 valence electrons. The van der Waals surface area contributed by atoms with E-state index in [2.05, 4.69) is 82.4 Å². The zero-order valence-electron chi connectivity index (χ0n) is 82.6. The SMILES string of the molecule is COc1ccc(CC(NC(=O)c2cnc(C)nc2N)C(=O)NC(Cc2ccccc2)C(=O)C2(C)CC2)cc1.COc1ccc(CC(NC(=O)c2cnc[nH]2)C(=O)NC(Cc2ccccc2)C(=O)C2(C)CC2)cc1.COc1ccc(CC(NC(=O)c2cncnc2N)C(=O)NC(Cc2ccccc2)C(=O)C2(C)CC2)cc1.COc1ccc(CC(NC(=O)c2ncc[nH]2)C(=O)NC(Cc2ccccc2)C(=O)C2(C)CC2)cc1. The van der Waals surface area contributed by atoms with Crippen molar-refractivity contribution in [2.45, 2.75) is 186 Å². The normalized spacial score (nSPS) is 15.3. The van der Waals surface area contributed by atoms with E-state index in [4.69, 9.17) is 30.4 Å². The van der Waals surface area contributed by atoms with Gasteiger partial charge in [0.25, 0.3) is 23.6 Å². The number of ketones is 4. The maximum Gasteiger partial charge on any atom is 0.287 e. The van der Waals surface area contributed by atoms with Crippen LogP contribution in [-0.4, -0.2) is 187 Å². The standard InChI is InChI=1S/C29H33N5O4.C28H31N5O4.2C27H30N4O4/c1-18-31-17-22(26(30)32-18)27(36)34-24(16-20-9-11-21(38-3)12-10-20)28(37)33-23(25(35)29(2)13-14-29)15-19-7-5-4-6-8-19;1-28(12-13-28)24(34)22(14-18-6-4-3-5-7-18)32-27(36)23(15-19-8-10-20(37-2)11-9-19)33-26(35)21-16-30-17-31-25(21)29;1-27(12-13-27)24(32)21(14-18-6-4-3-5-7-18)30-25(33)22(31-26(34)23-16-28-17-29-23)15-19-8-10-20(35-2)11-9-19;1-27(12-13-27)23(32)21(16-18-6-4-3-5-7-18)30-25(33)22(31-26(34)24-28-14-15-29-24)17-19-8-10-20(35-2)11-9-19/h4-12,17,23-24H,13-16H2,1-3H3,(H,33,37)(H,34,36)(H2,30,31,32);3-11,16-17,22-23H,12-15H2,1-2H3,(H,32,36)(H,33,35)(H2,29,30,31);3-11,16-17,21-22H,12-15H2,1-2H3,(H,28,29)(H,30,33)(H,31,34);3-11,14-15,21-22H,12-13,16-17H2,1-2H3,(H,28,29)(H,30,33)(H,31,34). The fraction of sp³-hybridized carbons (Fsp3) is 0.333. The summed E-state index contributed by atoms with van der Waals surface area (Å²) in [6, 6.07) is 60.8. The van der Waals surface area contributed by atoms with Crippen molar-refractivity contribution < 1.29 is 76.5 Å². The largest absolute Gasteiger partial charge is 0.497 e. The highest BCUT2D eigenvalue weighted by molar-refractivity contribution is 6.04. The van der Waals surface area contributed by atoms with Crippen LogP contribution in [0, 0.1) is 28.6 Å². The van der Waals surface area contributed by atoms with E-state index in [0.717, 1.165) is 95.9 Å². The number of nitrogens with one attached hydrogen (secondary N) is 10. The Bertz CT molecular complexity index is 6240. The van der Waals surface area contributed by atoms with E-state index in [1.807, 2.05) is 198 Å². The van der Waals surface area contributed by atoms with Crippen molar-refractivity contribution in [2.75, 3.05) is 39.9 Å². The van der Waals surface area contributed by atoms with Crippen molar-refractivity contribution in [3.05, 3.63) is 335 Å². The molecule has 0 aliphatic heterocycles. The quantitative estimate of drug-likeness (QED) is 0.0169. The minimum Gasteiger partial charge on any atom is -0.497 e. The van der Waals surface area contributed by atoms with Crippen molar-refractivity contribution in [1.82, 2.24) is 82.4 Å². The highest BCUT2D eigenvalue weighted by Gasteiger charge is 2.52. The Hall–Kier alpha value is -16.4. The number of ether oxygens (including phenoxy) is 4. The number of nitrogen functional groups attached to an aromatic ring is 2. The molecular formula is C111H124N18O16. The van der Waals surface area contributed by atoms with Gasteiger partial charge in [0.15, 0.2) is 29.0 Å². The predicted molar refractivity (Wildman–Crippen MR) is 544 cm³/mol. The molecule has 4 saturated carbocycles. The van der Waals surface area contributed by atoms with E-state index in [0.29, 0.717) is 54.5 Å². The van der Waals surface area contributed by atoms with E-state index in [1.54, 1.807) is 90.1 Å². The van der Waals surface area contributed by atoms with Gasteiger partial charge in [0, 0.05) is 72.1 Å². The monoisotopic (exact) mass is 1960 g/mol. The molecule has 8 atom stereocenters. The lowest BCUT2D eigenvalue weighted by Gasteiger charge is -2.25. The van der Waals surface area contributed by atoms with Crippen LogP contribution in [-0.2, 0) is 89.7 Å². The zero-order chi connectivity index (χ0) is 103. The number of nitrogens with zero attached hydrogens (tertiary/aromatic N) is 6. The Morgan fingerprint density at radius 3 is 0.862 bits per heavy atom. The van der Waals surface area contributed by atoms with Crippen LogP contribution in [0.1, 0.15) is 171 Å². The predicted octanol–water partition coefficient (Wildman–Crippen LogP) is 11.0. The minimum absolute atomic E-state index is 0.0000640. The molecule has 34 nitrogen and oxygen atoms in total. The number of nitrogens with two attached hydrogens (primary N) is 2. The maximum atomic E-state index is 13.7. The number of carbonyl (C=O) groups is 12. The van der Waals surface area contributed by atoms with Gasteiger partial charge in [-0.3, -0.25) is 57.5 Å². The Kier molecular flexibility index (Phi) is 36.0.